The molecule has 3 aromatic rings. The lowest BCUT2D eigenvalue weighted by atomic mass is 10.1. The highest BCUT2D eigenvalue weighted by Gasteiger charge is 2.15. The molecule has 0 aliphatic carbocycles. The Bertz CT molecular complexity index is 874. The number of anilines is 2. The van der Waals surface area contributed by atoms with Gasteiger partial charge in [-0.3, -0.25) is 19.8 Å². The van der Waals surface area contributed by atoms with Crippen LogP contribution in [0.3, 0.4) is 0 Å². The summed E-state index contributed by atoms with van der Waals surface area (Å²) in [4.78, 5) is 17.1. The van der Waals surface area contributed by atoms with Crippen LogP contribution in [0.2, 0.25) is 0 Å². The van der Waals surface area contributed by atoms with Crippen molar-refractivity contribution in [2.24, 2.45) is 0 Å². The molecule has 0 atom stereocenters. The number of fused-ring (bicyclic) bond motifs is 1. The number of nitro groups is 1. The van der Waals surface area contributed by atoms with E-state index in [1.54, 1.807) is 30.6 Å². The number of likely N-dealkylation sites (N-methyl/N-ethyl adjacent to an activating group) is 1. The molecule has 0 bridgehead atoms. The van der Waals surface area contributed by atoms with E-state index in [2.05, 4.69) is 20.3 Å². The third-order valence-electron chi connectivity index (χ3n) is 3.63. The van der Waals surface area contributed by atoms with Crippen LogP contribution in [0, 0.1) is 10.1 Å². The van der Waals surface area contributed by atoms with Crippen LogP contribution in [-0.4, -0.2) is 45.2 Å². The van der Waals surface area contributed by atoms with Gasteiger partial charge in [-0.1, -0.05) is 0 Å². The molecule has 0 radical (unpaired) electrons. The molecule has 0 fully saturated rings. The van der Waals surface area contributed by atoms with Crippen molar-refractivity contribution in [1.29, 1.82) is 0 Å². The van der Waals surface area contributed by atoms with Crippen molar-refractivity contribution in [3.05, 3.63) is 53.0 Å². The number of non-ortho nitro benzene ring substituents is 1. The Kier molecular flexibility index (Phi) is 4.39. The summed E-state index contributed by atoms with van der Waals surface area (Å²) in [5.74, 6) is 0. The maximum atomic E-state index is 11.2. The molecule has 24 heavy (non-hydrogen) atoms. The van der Waals surface area contributed by atoms with Gasteiger partial charge in [0.15, 0.2) is 0 Å². The predicted octanol–water partition coefficient (Wildman–Crippen LogP) is 2.64. The average Bonchev–Trinajstić information content (AvgIpc) is 3.00. The summed E-state index contributed by atoms with van der Waals surface area (Å²) in [5, 5.41) is 19.2. The fourth-order valence-electron chi connectivity index (χ4n) is 2.43. The zero-order valence-corrected chi connectivity index (χ0v) is 13.5. The largest absolute Gasteiger partial charge is 0.351 e. The van der Waals surface area contributed by atoms with Gasteiger partial charge in [0.05, 0.1) is 34.4 Å². The summed E-state index contributed by atoms with van der Waals surface area (Å²) >= 11 is 0. The highest BCUT2D eigenvalue weighted by molar-refractivity contribution is 5.97. The van der Waals surface area contributed by atoms with Crippen LogP contribution < -0.4 is 5.32 Å². The van der Waals surface area contributed by atoms with Gasteiger partial charge >= 0.3 is 0 Å². The van der Waals surface area contributed by atoms with E-state index < -0.39 is 4.92 Å². The second kappa shape index (κ2) is 6.63. The molecule has 0 aliphatic rings. The molecule has 8 heteroatoms. The van der Waals surface area contributed by atoms with Crippen molar-refractivity contribution >= 4 is 28.0 Å². The Balaban J connectivity index is 1.88. The summed E-state index contributed by atoms with van der Waals surface area (Å²) in [6.07, 6.45) is 5.25. The van der Waals surface area contributed by atoms with Gasteiger partial charge in [-0.15, -0.1) is 0 Å². The SMILES string of the molecule is CN(C)CCn1cc(Nc2ccc([N+](=O)[O-])c3cccnc23)cn1. The summed E-state index contributed by atoms with van der Waals surface area (Å²) in [5.41, 5.74) is 2.14. The molecule has 8 nitrogen and oxygen atoms in total. The first-order chi connectivity index (χ1) is 11.5. The van der Waals surface area contributed by atoms with E-state index in [0.717, 1.165) is 18.8 Å². The number of nitro benzene ring substituents is 1. The van der Waals surface area contributed by atoms with Gasteiger partial charge in [0, 0.05) is 25.0 Å². The maximum absolute atomic E-state index is 11.2. The molecule has 2 aromatic heterocycles. The highest BCUT2D eigenvalue weighted by Crippen LogP contribution is 2.31. The van der Waals surface area contributed by atoms with E-state index in [-0.39, 0.29) is 5.69 Å². The molecule has 0 aliphatic heterocycles. The second-order valence-corrected chi connectivity index (χ2v) is 5.71. The zero-order chi connectivity index (χ0) is 17.1. The third-order valence-corrected chi connectivity index (χ3v) is 3.63. The van der Waals surface area contributed by atoms with E-state index in [1.807, 2.05) is 25.0 Å². The first kappa shape index (κ1) is 15.9. The van der Waals surface area contributed by atoms with Crippen molar-refractivity contribution in [2.45, 2.75) is 6.54 Å². The number of nitrogens with zero attached hydrogens (tertiary/aromatic N) is 5. The molecule has 124 valence electrons. The van der Waals surface area contributed by atoms with Gasteiger partial charge in [-0.2, -0.15) is 5.10 Å². The van der Waals surface area contributed by atoms with Crippen LogP contribution in [0.15, 0.2) is 42.9 Å². The van der Waals surface area contributed by atoms with Crippen molar-refractivity contribution < 1.29 is 4.92 Å². The number of benzene rings is 1. The van der Waals surface area contributed by atoms with Crippen LogP contribution in [-0.2, 0) is 6.54 Å². The predicted molar refractivity (Wildman–Crippen MR) is 92.5 cm³/mol. The Hall–Kier alpha value is -3.00. The molecule has 3 rings (SSSR count). The highest BCUT2D eigenvalue weighted by atomic mass is 16.6. The van der Waals surface area contributed by atoms with Crippen molar-refractivity contribution in [1.82, 2.24) is 19.7 Å². The number of hydrogen-bond donors (Lipinski definition) is 1. The minimum absolute atomic E-state index is 0.0466. The molecular formula is C16H18N6O2. The van der Waals surface area contributed by atoms with Crippen molar-refractivity contribution in [3.63, 3.8) is 0 Å². The molecule has 1 aromatic carbocycles. The molecule has 0 spiro atoms. The fourth-order valence-corrected chi connectivity index (χ4v) is 2.43. The average molecular weight is 326 g/mol. The minimum atomic E-state index is -0.396. The number of rotatable bonds is 6. The monoisotopic (exact) mass is 326 g/mol. The number of pyridine rings is 1. The van der Waals surface area contributed by atoms with Crippen LogP contribution in [0.25, 0.3) is 10.9 Å². The number of aromatic nitrogens is 3. The van der Waals surface area contributed by atoms with Gasteiger partial charge in [0.25, 0.3) is 5.69 Å². The first-order valence-corrected chi connectivity index (χ1v) is 7.51. The van der Waals surface area contributed by atoms with Crippen LogP contribution >= 0.6 is 0 Å². The molecular weight excluding hydrogens is 308 g/mol. The van der Waals surface area contributed by atoms with Gasteiger partial charge < -0.3 is 10.2 Å². The number of nitrogens with one attached hydrogen (secondary N) is 1. The van der Waals surface area contributed by atoms with Crippen molar-refractivity contribution in [2.75, 3.05) is 26.0 Å². The lowest BCUT2D eigenvalue weighted by molar-refractivity contribution is -0.383. The standard InChI is InChI=1S/C16H18N6O2/c1-20(2)8-9-21-11-12(10-18-21)19-14-5-6-15(22(23)24)13-4-3-7-17-16(13)14/h3-7,10-11,19H,8-9H2,1-2H3. The van der Waals surface area contributed by atoms with E-state index in [1.165, 1.54) is 6.07 Å². The van der Waals surface area contributed by atoms with Gasteiger partial charge in [-0.05, 0) is 32.3 Å². The normalized spacial score (nSPS) is 11.1. The van der Waals surface area contributed by atoms with Crippen LogP contribution in [0.5, 0.6) is 0 Å². The summed E-state index contributed by atoms with van der Waals surface area (Å²) in [6, 6.07) is 6.55. The molecule has 1 N–H and O–H groups in total. The quantitative estimate of drug-likeness (QED) is 0.553. The summed E-state index contributed by atoms with van der Waals surface area (Å²) < 4.78 is 1.85. The summed E-state index contributed by atoms with van der Waals surface area (Å²) in [7, 11) is 4.02. The van der Waals surface area contributed by atoms with E-state index in [9.17, 15) is 10.1 Å². The van der Waals surface area contributed by atoms with Gasteiger partial charge in [0.2, 0.25) is 0 Å². The Labute approximate surface area is 138 Å². The molecule has 0 amide bonds. The van der Waals surface area contributed by atoms with Crippen LogP contribution in [0.4, 0.5) is 17.1 Å². The fraction of sp³-hybridized carbons (Fsp3) is 0.250. The van der Waals surface area contributed by atoms with E-state index in [4.69, 9.17) is 0 Å². The van der Waals surface area contributed by atoms with Crippen LogP contribution in [0.1, 0.15) is 0 Å². The first-order valence-electron chi connectivity index (χ1n) is 7.51. The summed E-state index contributed by atoms with van der Waals surface area (Å²) in [6.45, 7) is 1.68. The van der Waals surface area contributed by atoms with Crippen molar-refractivity contribution in [3.8, 4) is 0 Å². The Morgan fingerprint density at radius 2 is 2.17 bits per heavy atom. The molecule has 0 saturated heterocycles. The Morgan fingerprint density at radius 3 is 2.92 bits per heavy atom. The van der Waals surface area contributed by atoms with Gasteiger partial charge in [0.1, 0.15) is 5.52 Å². The van der Waals surface area contributed by atoms with Gasteiger partial charge in [-0.25, -0.2) is 0 Å². The lowest BCUT2D eigenvalue weighted by Crippen LogP contribution is -2.18. The van der Waals surface area contributed by atoms with E-state index >= 15 is 0 Å². The maximum Gasteiger partial charge on any atom is 0.278 e. The topological polar surface area (TPSA) is 89.1 Å². The Morgan fingerprint density at radius 1 is 1.33 bits per heavy atom. The third kappa shape index (κ3) is 3.33. The van der Waals surface area contributed by atoms with E-state index in [0.29, 0.717) is 16.6 Å². The minimum Gasteiger partial charge on any atom is -0.351 e. The second-order valence-electron chi connectivity index (χ2n) is 5.71. The lowest BCUT2D eigenvalue weighted by Gasteiger charge is -2.09. The zero-order valence-electron chi connectivity index (χ0n) is 13.5. The molecule has 0 unspecified atom stereocenters. The number of hydrogen-bond acceptors (Lipinski definition) is 6. The smallest absolute Gasteiger partial charge is 0.278 e. The molecule has 2 heterocycles. The molecule has 0 saturated carbocycles.